The highest BCUT2D eigenvalue weighted by Crippen LogP contribution is 2.27. The van der Waals surface area contributed by atoms with E-state index in [9.17, 15) is 27.1 Å². The molecule has 1 aromatic rings. The van der Waals surface area contributed by atoms with E-state index in [2.05, 4.69) is 5.32 Å². The first kappa shape index (κ1) is 20.2. The molecule has 1 saturated carbocycles. The zero-order valence-electron chi connectivity index (χ0n) is 14.9. The number of nitrogens with one attached hydrogen (secondary N) is 1. The van der Waals surface area contributed by atoms with Crippen molar-refractivity contribution in [3.63, 3.8) is 0 Å². The van der Waals surface area contributed by atoms with E-state index in [1.54, 1.807) is 0 Å². The molecule has 6 nitrogen and oxygen atoms in total. The molecule has 1 amide bonds. The SMILES string of the molecule is O=C(NC1CCCC(O)C1)C1CCCN(S(=O)(=O)c2cc(F)ccc2F)C1. The van der Waals surface area contributed by atoms with Gasteiger partial charge in [0.05, 0.1) is 12.0 Å². The first-order valence-corrected chi connectivity index (χ1v) is 10.6. The van der Waals surface area contributed by atoms with Gasteiger partial charge in [0.2, 0.25) is 15.9 Å². The number of benzene rings is 1. The van der Waals surface area contributed by atoms with Gasteiger partial charge in [-0.1, -0.05) is 0 Å². The number of piperidine rings is 1. The molecule has 27 heavy (non-hydrogen) atoms. The molecule has 0 radical (unpaired) electrons. The molecule has 3 rings (SSSR count). The molecule has 0 aromatic heterocycles. The molecule has 3 atom stereocenters. The molecular weight excluding hydrogens is 378 g/mol. The molecule has 1 aliphatic carbocycles. The van der Waals surface area contributed by atoms with Gasteiger partial charge in [-0.3, -0.25) is 4.79 Å². The first-order chi connectivity index (χ1) is 12.8. The van der Waals surface area contributed by atoms with Crippen LogP contribution in [0.15, 0.2) is 23.1 Å². The Balaban J connectivity index is 1.69. The van der Waals surface area contributed by atoms with Crippen molar-refractivity contribution in [2.45, 2.75) is 55.6 Å². The number of halogens is 2. The van der Waals surface area contributed by atoms with E-state index < -0.39 is 38.6 Å². The number of rotatable bonds is 4. The van der Waals surface area contributed by atoms with Crippen LogP contribution in [0.2, 0.25) is 0 Å². The fourth-order valence-electron chi connectivity index (χ4n) is 3.80. The monoisotopic (exact) mass is 402 g/mol. The topological polar surface area (TPSA) is 86.7 Å². The van der Waals surface area contributed by atoms with Gasteiger partial charge < -0.3 is 10.4 Å². The summed E-state index contributed by atoms with van der Waals surface area (Å²) in [6.07, 6.45) is 3.39. The van der Waals surface area contributed by atoms with Crippen LogP contribution in [0.25, 0.3) is 0 Å². The minimum absolute atomic E-state index is 0.0700. The maximum atomic E-state index is 13.9. The summed E-state index contributed by atoms with van der Waals surface area (Å²) >= 11 is 0. The fourth-order valence-corrected chi connectivity index (χ4v) is 5.40. The number of nitrogens with zero attached hydrogens (tertiary/aromatic N) is 1. The third-order valence-electron chi connectivity index (χ3n) is 5.26. The Kier molecular flexibility index (Phi) is 6.12. The van der Waals surface area contributed by atoms with E-state index in [1.807, 2.05) is 0 Å². The predicted octanol–water partition coefficient (Wildman–Crippen LogP) is 1.79. The van der Waals surface area contributed by atoms with Crippen molar-refractivity contribution in [2.75, 3.05) is 13.1 Å². The van der Waals surface area contributed by atoms with E-state index in [-0.39, 0.29) is 25.0 Å². The standard InChI is InChI=1S/C18H24F2N2O4S/c19-13-6-7-16(20)17(9-13)27(25,26)22-8-2-3-12(11-22)18(24)21-14-4-1-5-15(23)10-14/h6-7,9,12,14-15,23H,1-5,8,10-11H2,(H,21,24). The van der Waals surface area contributed by atoms with E-state index in [1.165, 1.54) is 0 Å². The smallest absolute Gasteiger partial charge is 0.246 e. The second-order valence-electron chi connectivity index (χ2n) is 7.30. The van der Waals surface area contributed by atoms with Gasteiger partial charge in [0.25, 0.3) is 0 Å². The van der Waals surface area contributed by atoms with Crippen molar-refractivity contribution < 1.29 is 27.1 Å². The second kappa shape index (κ2) is 8.20. The van der Waals surface area contributed by atoms with E-state index in [0.29, 0.717) is 25.3 Å². The normalized spacial score (nSPS) is 27.3. The Hall–Kier alpha value is -1.58. The number of sulfonamides is 1. The number of aliphatic hydroxyl groups is 1. The molecule has 150 valence electrons. The summed E-state index contributed by atoms with van der Waals surface area (Å²) in [5, 5.41) is 12.6. The zero-order valence-corrected chi connectivity index (χ0v) is 15.7. The molecule has 2 aliphatic rings. The molecule has 1 aromatic carbocycles. The number of aliphatic hydroxyl groups excluding tert-OH is 1. The minimum Gasteiger partial charge on any atom is -0.393 e. The lowest BCUT2D eigenvalue weighted by molar-refractivity contribution is -0.127. The van der Waals surface area contributed by atoms with Gasteiger partial charge in [-0.2, -0.15) is 4.31 Å². The number of hydrogen-bond donors (Lipinski definition) is 2. The fraction of sp³-hybridized carbons (Fsp3) is 0.611. The molecule has 1 heterocycles. The lowest BCUT2D eigenvalue weighted by Crippen LogP contribution is -2.48. The van der Waals surface area contributed by atoms with Crippen molar-refractivity contribution in [1.82, 2.24) is 9.62 Å². The van der Waals surface area contributed by atoms with Crippen LogP contribution in [-0.4, -0.2) is 49.0 Å². The molecule has 2 fully saturated rings. The molecule has 0 spiro atoms. The van der Waals surface area contributed by atoms with Crippen LogP contribution in [-0.2, 0) is 14.8 Å². The average Bonchev–Trinajstić information content (AvgIpc) is 2.63. The first-order valence-electron chi connectivity index (χ1n) is 9.21. The summed E-state index contributed by atoms with van der Waals surface area (Å²) < 4.78 is 53.8. The zero-order chi connectivity index (χ0) is 19.6. The van der Waals surface area contributed by atoms with Crippen LogP contribution >= 0.6 is 0 Å². The van der Waals surface area contributed by atoms with Gasteiger partial charge in [0, 0.05) is 19.1 Å². The van der Waals surface area contributed by atoms with Gasteiger partial charge >= 0.3 is 0 Å². The third-order valence-corrected chi connectivity index (χ3v) is 7.14. The van der Waals surface area contributed by atoms with Crippen molar-refractivity contribution >= 4 is 15.9 Å². The van der Waals surface area contributed by atoms with E-state index in [0.717, 1.165) is 35.7 Å². The molecule has 2 N–H and O–H groups in total. The second-order valence-corrected chi connectivity index (χ2v) is 9.21. The van der Waals surface area contributed by atoms with E-state index in [4.69, 9.17) is 0 Å². The highest BCUT2D eigenvalue weighted by atomic mass is 32.2. The van der Waals surface area contributed by atoms with Gasteiger partial charge in [0.1, 0.15) is 16.5 Å². The summed E-state index contributed by atoms with van der Waals surface area (Å²) in [5.74, 6) is -2.66. The minimum atomic E-state index is -4.23. The lowest BCUT2D eigenvalue weighted by atomic mass is 9.91. The largest absolute Gasteiger partial charge is 0.393 e. The summed E-state index contributed by atoms with van der Waals surface area (Å²) in [6.45, 7) is 0.0869. The van der Waals surface area contributed by atoms with Crippen LogP contribution in [0.1, 0.15) is 38.5 Å². The number of amides is 1. The van der Waals surface area contributed by atoms with Gasteiger partial charge in [-0.15, -0.1) is 0 Å². The Morgan fingerprint density at radius 1 is 1.19 bits per heavy atom. The summed E-state index contributed by atoms with van der Waals surface area (Å²) in [4.78, 5) is 11.8. The molecule has 0 bridgehead atoms. The summed E-state index contributed by atoms with van der Waals surface area (Å²) in [6, 6.07) is 2.19. The van der Waals surface area contributed by atoms with Crippen LogP contribution in [0, 0.1) is 17.6 Å². The maximum Gasteiger partial charge on any atom is 0.246 e. The van der Waals surface area contributed by atoms with Crippen molar-refractivity contribution in [2.24, 2.45) is 5.92 Å². The molecular formula is C18H24F2N2O4S. The average molecular weight is 402 g/mol. The quantitative estimate of drug-likeness (QED) is 0.804. The van der Waals surface area contributed by atoms with Crippen LogP contribution in [0.4, 0.5) is 8.78 Å². The molecule has 9 heteroatoms. The van der Waals surface area contributed by atoms with Crippen LogP contribution in [0.3, 0.4) is 0 Å². The number of carbonyl (C=O) groups is 1. The Labute approximate surface area is 157 Å². The Morgan fingerprint density at radius 2 is 1.96 bits per heavy atom. The van der Waals surface area contributed by atoms with Gasteiger partial charge in [-0.05, 0) is 56.7 Å². The van der Waals surface area contributed by atoms with Crippen molar-refractivity contribution in [3.05, 3.63) is 29.8 Å². The number of carbonyl (C=O) groups excluding carboxylic acids is 1. The van der Waals surface area contributed by atoms with Crippen LogP contribution < -0.4 is 5.32 Å². The maximum absolute atomic E-state index is 13.9. The Bertz CT molecular complexity index is 803. The summed E-state index contributed by atoms with van der Waals surface area (Å²) in [5.41, 5.74) is 0. The van der Waals surface area contributed by atoms with Crippen LogP contribution in [0.5, 0.6) is 0 Å². The van der Waals surface area contributed by atoms with Crippen molar-refractivity contribution in [3.8, 4) is 0 Å². The summed E-state index contributed by atoms with van der Waals surface area (Å²) in [7, 11) is -4.23. The molecule has 1 aliphatic heterocycles. The predicted molar refractivity (Wildman–Crippen MR) is 94.2 cm³/mol. The van der Waals surface area contributed by atoms with Crippen molar-refractivity contribution in [1.29, 1.82) is 0 Å². The van der Waals surface area contributed by atoms with Gasteiger partial charge in [0.15, 0.2) is 0 Å². The number of hydrogen-bond acceptors (Lipinski definition) is 4. The highest BCUT2D eigenvalue weighted by Gasteiger charge is 2.35. The highest BCUT2D eigenvalue weighted by molar-refractivity contribution is 7.89. The lowest BCUT2D eigenvalue weighted by Gasteiger charge is -2.33. The Morgan fingerprint density at radius 3 is 2.70 bits per heavy atom. The molecule has 3 unspecified atom stereocenters. The third kappa shape index (κ3) is 4.64. The van der Waals surface area contributed by atoms with Gasteiger partial charge in [-0.25, -0.2) is 17.2 Å². The van der Waals surface area contributed by atoms with E-state index >= 15 is 0 Å². The molecule has 1 saturated heterocycles.